The van der Waals surface area contributed by atoms with Crippen molar-refractivity contribution < 1.29 is 19.7 Å². The zero-order valence-electron chi connectivity index (χ0n) is 14.5. The molecule has 1 aliphatic carbocycles. The van der Waals surface area contributed by atoms with Gasteiger partial charge in [0.15, 0.2) is 23.0 Å². The summed E-state index contributed by atoms with van der Waals surface area (Å²) in [6, 6.07) is 11.2. The highest BCUT2D eigenvalue weighted by Crippen LogP contribution is 2.58. The lowest BCUT2D eigenvalue weighted by Gasteiger charge is -2.50. The molecule has 0 amide bonds. The molecule has 3 rings (SSSR count). The molecule has 0 heterocycles. The smallest absolute Gasteiger partial charge is 0.160 e. The first-order valence-corrected chi connectivity index (χ1v) is 8.21. The highest BCUT2D eigenvalue weighted by Gasteiger charge is 2.46. The third-order valence-corrected chi connectivity index (χ3v) is 5.53. The van der Waals surface area contributed by atoms with E-state index in [0.717, 1.165) is 11.1 Å². The molecule has 0 bridgehead atoms. The van der Waals surface area contributed by atoms with E-state index >= 15 is 0 Å². The van der Waals surface area contributed by atoms with Crippen molar-refractivity contribution in [1.82, 2.24) is 0 Å². The van der Waals surface area contributed by atoms with E-state index in [1.807, 2.05) is 24.3 Å². The second kappa shape index (κ2) is 6.27. The minimum absolute atomic E-state index is 0.157. The molecule has 0 radical (unpaired) electrons. The van der Waals surface area contributed by atoms with Crippen LogP contribution in [0.15, 0.2) is 36.4 Å². The van der Waals surface area contributed by atoms with Crippen LogP contribution in [0.1, 0.15) is 36.8 Å². The molecule has 0 aromatic heterocycles. The van der Waals surface area contributed by atoms with E-state index in [2.05, 4.69) is 13.8 Å². The van der Waals surface area contributed by atoms with Crippen LogP contribution in [0.2, 0.25) is 0 Å². The van der Waals surface area contributed by atoms with Gasteiger partial charge in [0.25, 0.3) is 0 Å². The Hall–Kier alpha value is -2.36. The van der Waals surface area contributed by atoms with Gasteiger partial charge in [0, 0.05) is 0 Å². The lowest BCUT2D eigenvalue weighted by molar-refractivity contribution is 0.122. The summed E-state index contributed by atoms with van der Waals surface area (Å²) in [5, 5.41) is 19.7. The van der Waals surface area contributed by atoms with Gasteiger partial charge >= 0.3 is 0 Å². The van der Waals surface area contributed by atoms with Crippen LogP contribution in [-0.4, -0.2) is 24.4 Å². The van der Waals surface area contributed by atoms with Gasteiger partial charge in [-0.2, -0.15) is 0 Å². The van der Waals surface area contributed by atoms with Crippen molar-refractivity contribution in [2.75, 3.05) is 14.2 Å². The van der Waals surface area contributed by atoms with Crippen LogP contribution in [0.4, 0.5) is 0 Å². The summed E-state index contributed by atoms with van der Waals surface area (Å²) in [7, 11) is 3.13. The summed E-state index contributed by atoms with van der Waals surface area (Å²) in [6.07, 6.45) is 0. The maximum Gasteiger partial charge on any atom is 0.160 e. The molecule has 1 saturated carbocycles. The van der Waals surface area contributed by atoms with Crippen LogP contribution in [0.25, 0.3) is 0 Å². The van der Waals surface area contributed by atoms with Crippen molar-refractivity contribution in [3.05, 3.63) is 47.5 Å². The molecule has 0 aliphatic heterocycles. The zero-order valence-corrected chi connectivity index (χ0v) is 14.5. The number of benzene rings is 2. The predicted octanol–water partition coefficient (Wildman–Crippen LogP) is 4.27. The van der Waals surface area contributed by atoms with E-state index in [1.54, 1.807) is 26.4 Å². The number of rotatable bonds is 4. The Labute approximate surface area is 142 Å². The second-order valence-electron chi connectivity index (χ2n) is 6.63. The quantitative estimate of drug-likeness (QED) is 0.880. The van der Waals surface area contributed by atoms with E-state index in [1.165, 1.54) is 0 Å². The molecule has 4 nitrogen and oxygen atoms in total. The first kappa shape index (κ1) is 16.5. The largest absolute Gasteiger partial charge is 0.504 e. The Bertz CT molecular complexity index is 677. The third kappa shape index (κ3) is 2.56. The van der Waals surface area contributed by atoms with Crippen LogP contribution in [-0.2, 0) is 0 Å². The fourth-order valence-electron chi connectivity index (χ4n) is 3.99. The lowest BCUT2D eigenvalue weighted by atomic mass is 9.54. The molecule has 0 saturated heterocycles. The number of ether oxygens (including phenoxy) is 2. The summed E-state index contributed by atoms with van der Waals surface area (Å²) in [6.45, 7) is 4.51. The number of hydrogen-bond acceptors (Lipinski definition) is 4. The van der Waals surface area contributed by atoms with Crippen molar-refractivity contribution in [2.24, 2.45) is 11.8 Å². The molecule has 1 aliphatic rings. The van der Waals surface area contributed by atoms with E-state index in [-0.39, 0.29) is 11.5 Å². The fraction of sp³-hybridized carbons (Fsp3) is 0.400. The topological polar surface area (TPSA) is 58.9 Å². The molecule has 24 heavy (non-hydrogen) atoms. The molecule has 4 heteroatoms. The Morgan fingerprint density at radius 3 is 1.42 bits per heavy atom. The third-order valence-electron chi connectivity index (χ3n) is 5.53. The summed E-state index contributed by atoms with van der Waals surface area (Å²) < 4.78 is 10.5. The molecular formula is C20H24O4. The molecule has 2 aromatic carbocycles. The molecule has 1 fully saturated rings. The Kier molecular flexibility index (Phi) is 4.31. The highest BCUT2D eigenvalue weighted by molar-refractivity contribution is 5.48. The maximum absolute atomic E-state index is 9.84. The number of aromatic hydroxyl groups is 2. The van der Waals surface area contributed by atoms with Gasteiger partial charge in [0.1, 0.15) is 0 Å². The first-order chi connectivity index (χ1) is 11.5. The van der Waals surface area contributed by atoms with Crippen LogP contribution in [0.3, 0.4) is 0 Å². The number of methoxy groups -OCH3 is 2. The maximum atomic E-state index is 9.84. The number of phenolic OH excluding ortho intramolecular Hbond substituents is 2. The summed E-state index contributed by atoms with van der Waals surface area (Å²) in [4.78, 5) is 0. The minimum atomic E-state index is 0.157. The normalized spacial score (nSPS) is 25.8. The van der Waals surface area contributed by atoms with E-state index < -0.39 is 0 Å². The number of phenols is 2. The predicted molar refractivity (Wildman–Crippen MR) is 93.1 cm³/mol. The number of hydrogen-bond donors (Lipinski definition) is 2. The molecular weight excluding hydrogens is 304 g/mol. The lowest BCUT2D eigenvalue weighted by Crippen LogP contribution is -2.40. The molecule has 2 aromatic rings. The van der Waals surface area contributed by atoms with E-state index in [4.69, 9.17) is 9.47 Å². The Balaban J connectivity index is 1.98. The summed E-state index contributed by atoms with van der Waals surface area (Å²) >= 11 is 0. The molecule has 0 spiro atoms. The SMILES string of the molecule is COc1cc([C@H]2[C@H](C)[C@@H](C)[C@@H]2c2ccc(O)c(OC)c2)ccc1O. The van der Waals surface area contributed by atoms with Gasteiger partial charge in [-0.05, 0) is 59.1 Å². The van der Waals surface area contributed by atoms with Gasteiger partial charge in [0.2, 0.25) is 0 Å². The first-order valence-electron chi connectivity index (χ1n) is 8.21. The minimum Gasteiger partial charge on any atom is -0.504 e. The van der Waals surface area contributed by atoms with Crippen molar-refractivity contribution in [3.8, 4) is 23.0 Å². The molecule has 4 atom stereocenters. The van der Waals surface area contributed by atoms with Gasteiger partial charge < -0.3 is 19.7 Å². The van der Waals surface area contributed by atoms with Crippen LogP contribution in [0.5, 0.6) is 23.0 Å². The van der Waals surface area contributed by atoms with Crippen LogP contribution >= 0.6 is 0 Å². The zero-order chi connectivity index (χ0) is 17.4. The van der Waals surface area contributed by atoms with E-state index in [9.17, 15) is 10.2 Å². The average Bonchev–Trinajstić information content (AvgIpc) is 2.60. The highest BCUT2D eigenvalue weighted by atomic mass is 16.5. The van der Waals surface area contributed by atoms with E-state index in [0.29, 0.717) is 35.2 Å². The van der Waals surface area contributed by atoms with Crippen LogP contribution in [0, 0.1) is 11.8 Å². The fourth-order valence-corrected chi connectivity index (χ4v) is 3.99. The van der Waals surface area contributed by atoms with Crippen molar-refractivity contribution >= 4 is 0 Å². The average molecular weight is 328 g/mol. The van der Waals surface area contributed by atoms with Gasteiger partial charge in [0.05, 0.1) is 14.2 Å². The standard InChI is InChI=1S/C20H24O4/c1-11-12(2)20(14-6-8-16(22)18(10-14)24-4)19(11)13-5-7-15(21)17(9-13)23-3/h5-12,19-22H,1-4H3/t11-,12-,19-,20-/m1/s1. The Morgan fingerprint density at radius 2 is 1.08 bits per heavy atom. The molecule has 0 unspecified atom stereocenters. The van der Waals surface area contributed by atoms with Gasteiger partial charge in [-0.3, -0.25) is 0 Å². The molecule has 128 valence electrons. The Morgan fingerprint density at radius 1 is 0.708 bits per heavy atom. The summed E-state index contributed by atoms with van der Waals surface area (Å²) in [5.74, 6) is 3.02. The summed E-state index contributed by atoms with van der Waals surface area (Å²) in [5.41, 5.74) is 2.32. The second-order valence-corrected chi connectivity index (χ2v) is 6.63. The van der Waals surface area contributed by atoms with Gasteiger partial charge in [-0.25, -0.2) is 0 Å². The molecule has 2 N–H and O–H groups in total. The monoisotopic (exact) mass is 328 g/mol. The van der Waals surface area contributed by atoms with Crippen LogP contribution < -0.4 is 9.47 Å². The van der Waals surface area contributed by atoms with Gasteiger partial charge in [-0.15, -0.1) is 0 Å². The van der Waals surface area contributed by atoms with Crippen molar-refractivity contribution in [2.45, 2.75) is 25.7 Å². The van der Waals surface area contributed by atoms with Gasteiger partial charge in [-0.1, -0.05) is 26.0 Å². The van der Waals surface area contributed by atoms with Crippen molar-refractivity contribution in [3.63, 3.8) is 0 Å². The van der Waals surface area contributed by atoms with Crippen molar-refractivity contribution in [1.29, 1.82) is 0 Å².